The summed E-state index contributed by atoms with van der Waals surface area (Å²) in [4.78, 5) is 22.6. The number of hydrogen-bond donors (Lipinski definition) is 1. The van der Waals surface area contributed by atoms with Gasteiger partial charge in [-0.3, -0.25) is 4.79 Å². The molecular formula is C23H28F3N3O4P2. The van der Waals surface area contributed by atoms with Gasteiger partial charge in [0.1, 0.15) is 19.5 Å². The van der Waals surface area contributed by atoms with E-state index in [0.29, 0.717) is 11.1 Å². The SMILES string of the molecule is CNC(=O)/C(=N/OC)c1cccc(C)c1CO/N=C(\C)c1ccc(OC(C)(F)P)cc1C(F)(F)P. The molecule has 0 aliphatic rings. The van der Waals surface area contributed by atoms with Crippen LogP contribution in [0.5, 0.6) is 5.75 Å². The summed E-state index contributed by atoms with van der Waals surface area (Å²) in [5.74, 6) is -0.522. The fourth-order valence-electron chi connectivity index (χ4n) is 3.19. The van der Waals surface area contributed by atoms with Gasteiger partial charge in [-0.1, -0.05) is 47.0 Å². The van der Waals surface area contributed by atoms with Gasteiger partial charge in [0.15, 0.2) is 5.71 Å². The summed E-state index contributed by atoms with van der Waals surface area (Å²) in [6, 6.07) is 9.04. The summed E-state index contributed by atoms with van der Waals surface area (Å²) >= 11 is 0. The van der Waals surface area contributed by atoms with E-state index in [9.17, 15) is 18.0 Å². The van der Waals surface area contributed by atoms with Crippen LogP contribution in [0.3, 0.4) is 0 Å². The van der Waals surface area contributed by atoms with E-state index in [4.69, 9.17) is 14.4 Å². The normalized spacial score (nSPS) is 14.2. The summed E-state index contributed by atoms with van der Waals surface area (Å²) < 4.78 is 47.4. The summed E-state index contributed by atoms with van der Waals surface area (Å²) in [6.45, 7) is 4.40. The molecule has 0 bridgehead atoms. The molecule has 2 rings (SSSR count). The van der Waals surface area contributed by atoms with Crippen LogP contribution in [0, 0.1) is 6.92 Å². The third-order valence-corrected chi connectivity index (χ3v) is 5.19. The molecule has 3 atom stereocenters. The number of rotatable bonds is 10. The minimum atomic E-state index is -3.33. The lowest BCUT2D eigenvalue weighted by molar-refractivity contribution is -0.114. The van der Waals surface area contributed by atoms with Crippen LogP contribution >= 0.6 is 18.5 Å². The van der Waals surface area contributed by atoms with Crippen LogP contribution < -0.4 is 10.1 Å². The predicted octanol–water partition coefficient (Wildman–Crippen LogP) is 4.85. The second kappa shape index (κ2) is 11.8. The summed E-state index contributed by atoms with van der Waals surface area (Å²) in [5.41, 5.74) is -3.68. The summed E-state index contributed by atoms with van der Waals surface area (Å²) in [6.07, 6.45) is 0. The molecule has 35 heavy (non-hydrogen) atoms. The molecular weight excluding hydrogens is 501 g/mol. The second-order valence-electron chi connectivity index (χ2n) is 7.67. The van der Waals surface area contributed by atoms with Crippen molar-refractivity contribution in [1.82, 2.24) is 5.32 Å². The van der Waals surface area contributed by atoms with Crippen molar-refractivity contribution in [2.45, 2.75) is 38.6 Å². The number of benzene rings is 2. The molecule has 2 aromatic carbocycles. The third kappa shape index (κ3) is 7.91. The zero-order valence-corrected chi connectivity index (χ0v) is 22.3. The highest BCUT2D eigenvalue weighted by Gasteiger charge is 2.30. The van der Waals surface area contributed by atoms with Crippen LogP contribution in [-0.2, 0) is 26.7 Å². The van der Waals surface area contributed by atoms with E-state index in [-0.39, 0.29) is 29.3 Å². The van der Waals surface area contributed by atoms with Crippen LogP contribution in [0.4, 0.5) is 13.2 Å². The Hall–Kier alpha value is -2.70. The predicted molar refractivity (Wildman–Crippen MR) is 136 cm³/mol. The van der Waals surface area contributed by atoms with Crippen molar-refractivity contribution < 1.29 is 32.4 Å². The van der Waals surface area contributed by atoms with Gasteiger partial charge in [-0.2, -0.15) is 13.2 Å². The molecule has 0 saturated carbocycles. The van der Waals surface area contributed by atoms with E-state index < -0.39 is 22.7 Å². The summed E-state index contributed by atoms with van der Waals surface area (Å²) in [5, 5.41) is 10.3. The highest BCUT2D eigenvalue weighted by Crippen LogP contribution is 2.40. The zero-order valence-electron chi connectivity index (χ0n) is 20.0. The first-order valence-electron chi connectivity index (χ1n) is 10.4. The average Bonchev–Trinajstić information content (AvgIpc) is 2.76. The minimum absolute atomic E-state index is 0.0486. The van der Waals surface area contributed by atoms with Crippen LogP contribution in [0.2, 0.25) is 0 Å². The van der Waals surface area contributed by atoms with Crippen LogP contribution in [0.1, 0.15) is 41.7 Å². The number of aryl methyl sites for hydroxylation is 1. The smallest absolute Gasteiger partial charge is 0.284 e. The quantitative estimate of drug-likeness (QED) is 0.271. The van der Waals surface area contributed by atoms with E-state index >= 15 is 0 Å². The molecule has 0 saturated heterocycles. The fourth-order valence-corrected chi connectivity index (χ4v) is 3.56. The molecule has 0 spiro atoms. The first-order valence-corrected chi connectivity index (χ1v) is 11.5. The number of hydrogen-bond acceptors (Lipinski definition) is 6. The number of ether oxygens (including phenoxy) is 1. The van der Waals surface area contributed by atoms with Crippen molar-refractivity contribution >= 4 is 35.8 Å². The lowest BCUT2D eigenvalue weighted by atomic mass is 9.98. The topological polar surface area (TPSA) is 81.5 Å². The number of nitrogens with one attached hydrogen (secondary N) is 1. The van der Waals surface area contributed by atoms with Crippen molar-refractivity contribution in [1.29, 1.82) is 0 Å². The van der Waals surface area contributed by atoms with E-state index in [1.54, 1.807) is 12.1 Å². The van der Waals surface area contributed by atoms with Crippen LogP contribution in [0.15, 0.2) is 46.7 Å². The Morgan fingerprint density at radius 2 is 1.80 bits per heavy atom. The maximum Gasteiger partial charge on any atom is 0.284 e. The molecule has 0 aliphatic carbocycles. The van der Waals surface area contributed by atoms with E-state index in [2.05, 4.69) is 15.6 Å². The number of likely N-dealkylation sites (N-methyl/N-ethyl adjacent to an activating group) is 1. The Morgan fingerprint density at radius 3 is 2.37 bits per heavy atom. The van der Waals surface area contributed by atoms with Gasteiger partial charge < -0.3 is 19.7 Å². The fraction of sp³-hybridized carbons (Fsp3) is 0.348. The molecule has 0 fully saturated rings. The van der Waals surface area contributed by atoms with Crippen molar-refractivity contribution in [2.24, 2.45) is 10.3 Å². The second-order valence-corrected chi connectivity index (χ2v) is 9.43. The maximum atomic E-state index is 14.3. The first-order chi connectivity index (χ1) is 16.3. The van der Waals surface area contributed by atoms with Crippen molar-refractivity contribution in [2.75, 3.05) is 14.2 Å². The Morgan fingerprint density at radius 1 is 1.11 bits per heavy atom. The molecule has 3 unspecified atom stereocenters. The number of nitrogens with zero attached hydrogens (tertiary/aromatic N) is 2. The number of halogens is 3. The maximum absolute atomic E-state index is 14.3. The van der Waals surface area contributed by atoms with Gasteiger partial charge in [0.25, 0.3) is 17.2 Å². The van der Waals surface area contributed by atoms with Crippen molar-refractivity contribution in [3.05, 3.63) is 64.2 Å². The molecule has 7 nitrogen and oxygen atoms in total. The highest BCUT2D eigenvalue weighted by atomic mass is 31.0. The number of carbonyl (C=O) groups is 1. The third-order valence-electron chi connectivity index (χ3n) is 4.76. The average molecular weight is 529 g/mol. The monoisotopic (exact) mass is 529 g/mol. The van der Waals surface area contributed by atoms with Gasteiger partial charge in [0.2, 0.25) is 0 Å². The van der Waals surface area contributed by atoms with E-state index in [0.717, 1.165) is 18.6 Å². The van der Waals surface area contributed by atoms with Gasteiger partial charge in [-0.15, -0.1) is 0 Å². The van der Waals surface area contributed by atoms with Gasteiger partial charge in [-0.25, -0.2) is 0 Å². The summed E-state index contributed by atoms with van der Waals surface area (Å²) in [7, 11) is 6.08. The Balaban J connectivity index is 2.38. The molecule has 0 aromatic heterocycles. The van der Waals surface area contributed by atoms with Gasteiger partial charge in [-0.05, 0) is 37.6 Å². The molecule has 0 aliphatic heterocycles. The molecule has 12 heteroatoms. The van der Waals surface area contributed by atoms with E-state index in [1.807, 2.05) is 22.2 Å². The van der Waals surface area contributed by atoms with Gasteiger partial charge >= 0.3 is 0 Å². The molecule has 0 heterocycles. The van der Waals surface area contributed by atoms with Crippen molar-refractivity contribution in [3.8, 4) is 5.75 Å². The number of oxime groups is 2. The van der Waals surface area contributed by atoms with Gasteiger partial charge in [0, 0.05) is 36.2 Å². The molecule has 2 aromatic rings. The molecule has 190 valence electrons. The van der Waals surface area contributed by atoms with Crippen molar-refractivity contribution in [3.63, 3.8) is 0 Å². The first kappa shape index (κ1) is 28.5. The van der Waals surface area contributed by atoms with Crippen LogP contribution in [-0.4, -0.2) is 37.1 Å². The number of alkyl halides is 3. The van der Waals surface area contributed by atoms with E-state index in [1.165, 1.54) is 42.5 Å². The lowest BCUT2D eigenvalue weighted by Gasteiger charge is -2.21. The number of carbonyl (C=O) groups excluding carboxylic acids is 1. The highest BCUT2D eigenvalue weighted by molar-refractivity contribution is 7.18. The standard InChI is InChI=1S/C23H28F3N3O4P2/c1-13-7-6-8-17(20(29-31-5)21(30)27-4)18(13)12-32-28-14(2)16-10-9-15(33-22(3,24)34)11-19(16)23(25,26)35/h6-11H,12,34-35H2,1-5H3,(H,27,30)/b28-14+,29-20+. The molecule has 1 amide bonds. The zero-order chi connectivity index (χ0) is 26.4. The lowest BCUT2D eigenvalue weighted by Crippen LogP contribution is -2.29. The Kier molecular flexibility index (Phi) is 9.64. The molecule has 1 N–H and O–H groups in total. The number of amides is 1. The molecule has 0 radical (unpaired) electrons. The van der Waals surface area contributed by atoms with Gasteiger partial charge in [0.05, 0.1) is 5.71 Å². The Labute approximate surface area is 206 Å². The largest absolute Gasteiger partial charge is 0.455 e. The Bertz CT molecular complexity index is 1130. The van der Waals surface area contributed by atoms with Crippen LogP contribution in [0.25, 0.3) is 0 Å². The minimum Gasteiger partial charge on any atom is -0.455 e.